The lowest BCUT2D eigenvalue weighted by Crippen LogP contribution is -1.69. The van der Waals surface area contributed by atoms with Crippen LogP contribution in [0.25, 0.3) is 0 Å². The average molecular weight is 198 g/mol. The Morgan fingerprint density at radius 1 is 1.14 bits per heavy atom. The van der Waals surface area contributed by atoms with Crippen LogP contribution in [0, 0.1) is 0 Å². The molecule has 0 spiro atoms. The molecular weight excluding hydrogens is 184 g/mol. The third kappa shape index (κ3) is 12.8. The van der Waals surface area contributed by atoms with E-state index in [1.165, 1.54) is 32.0 Å². The van der Waals surface area contributed by atoms with E-state index in [0.29, 0.717) is 0 Å². The molecule has 0 saturated carbocycles. The van der Waals surface area contributed by atoms with Crippen LogP contribution in [0.5, 0.6) is 11.5 Å². The summed E-state index contributed by atoms with van der Waals surface area (Å²) >= 11 is 0. The highest BCUT2D eigenvalue weighted by atomic mass is 16.3. The molecule has 0 aromatic heterocycles. The number of rotatable bonds is 0. The maximum Gasteiger partial charge on any atom is 0.126 e. The minimum Gasteiger partial charge on any atom is -0.508 e. The van der Waals surface area contributed by atoms with E-state index >= 15 is 0 Å². The van der Waals surface area contributed by atoms with Crippen molar-refractivity contribution in [2.45, 2.75) is 13.8 Å². The first kappa shape index (κ1) is 14.7. The number of phenols is 2. The Bertz CT molecular complexity index is 249. The number of benzene rings is 1. The zero-order valence-electron chi connectivity index (χ0n) is 8.23. The summed E-state index contributed by atoms with van der Waals surface area (Å²) in [4.78, 5) is 17.4. The third-order valence-corrected chi connectivity index (χ3v) is 0.830. The lowest BCUT2D eigenvalue weighted by atomic mass is 10.3. The number of carbonyl (C=O) groups is 2. The van der Waals surface area contributed by atoms with E-state index in [0.717, 1.165) is 0 Å². The van der Waals surface area contributed by atoms with Gasteiger partial charge in [-0.3, -0.25) is 0 Å². The molecular formula is C10H14O4. The van der Waals surface area contributed by atoms with Crippen LogP contribution < -0.4 is 0 Å². The van der Waals surface area contributed by atoms with Gasteiger partial charge in [-0.05, 0) is 26.0 Å². The maximum atomic E-state index is 9.44. The predicted molar refractivity (Wildman–Crippen MR) is 53.2 cm³/mol. The summed E-state index contributed by atoms with van der Waals surface area (Å²) in [5, 5.41) is 17.3. The Morgan fingerprint density at radius 2 is 1.43 bits per heavy atom. The first-order valence-electron chi connectivity index (χ1n) is 3.76. The molecule has 0 fully saturated rings. The third-order valence-electron chi connectivity index (χ3n) is 0.830. The van der Waals surface area contributed by atoms with E-state index in [-0.39, 0.29) is 17.3 Å². The molecule has 4 heteroatoms. The highest BCUT2D eigenvalue weighted by Gasteiger charge is 1.85. The minimum absolute atomic E-state index is 0.0880. The quantitative estimate of drug-likeness (QED) is 0.662. The van der Waals surface area contributed by atoms with Crippen molar-refractivity contribution in [2.24, 2.45) is 0 Å². The van der Waals surface area contributed by atoms with Gasteiger partial charge in [0.05, 0.1) is 0 Å². The van der Waals surface area contributed by atoms with Gasteiger partial charge in [-0.2, -0.15) is 0 Å². The molecule has 0 aliphatic heterocycles. The molecule has 0 aliphatic carbocycles. The van der Waals surface area contributed by atoms with Gasteiger partial charge in [0.15, 0.2) is 0 Å². The zero-order chi connectivity index (χ0) is 11.6. The van der Waals surface area contributed by atoms with Gasteiger partial charge in [0, 0.05) is 6.07 Å². The van der Waals surface area contributed by atoms with Gasteiger partial charge in [-0.15, -0.1) is 0 Å². The SMILES string of the molecule is C=O.CC(C)=O.Oc1cccc(O)c1. The molecule has 0 bridgehead atoms. The zero-order valence-corrected chi connectivity index (χ0v) is 8.23. The molecule has 1 aromatic rings. The molecule has 0 amide bonds. The molecule has 0 atom stereocenters. The van der Waals surface area contributed by atoms with E-state index in [9.17, 15) is 4.79 Å². The second-order valence-electron chi connectivity index (χ2n) is 2.43. The summed E-state index contributed by atoms with van der Waals surface area (Å²) in [5.74, 6) is 0.343. The fraction of sp³-hybridized carbons (Fsp3) is 0.200. The molecule has 0 radical (unpaired) electrons. The molecule has 0 heterocycles. The molecule has 4 nitrogen and oxygen atoms in total. The summed E-state index contributed by atoms with van der Waals surface area (Å²) in [7, 11) is 0. The Kier molecular flexibility index (Phi) is 9.69. The number of ketones is 1. The first-order valence-corrected chi connectivity index (χ1v) is 3.76. The number of phenolic OH excluding ortho intramolecular Hbond substituents is 2. The monoisotopic (exact) mass is 198 g/mol. The Morgan fingerprint density at radius 3 is 1.57 bits per heavy atom. The highest BCUT2D eigenvalue weighted by Crippen LogP contribution is 2.14. The second kappa shape index (κ2) is 9.25. The molecule has 1 rings (SSSR count). The number of hydrogen-bond acceptors (Lipinski definition) is 4. The molecule has 2 N–H and O–H groups in total. The standard InChI is InChI=1S/C6H6O2.C3H6O.CH2O/c7-5-2-1-3-6(8)4-5;1-3(2)4;1-2/h1-4,7-8H;1-2H3;1H2. The van der Waals surface area contributed by atoms with Crippen LogP contribution in [0.1, 0.15) is 13.8 Å². The summed E-state index contributed by atoms with van der Waals surface area (Å²) in [6, 6.07) is 5.85. The van der Waals surface area contributed by atoms with Crippen molar-refractivity contribution in [3.63, 3.8) is 0 Å². The molecule has 78 valence electrons. The molecule has 14 heavy (non-hydrogen) atoms. The van der Waals surface area contributed by atoms with Crippen LogP contribution in [0.2, 0.25) is 0 Å². The van der Waals surface area contributed by atoms with Crippen molar-refractivity contribution >= 4 is 12.6 Å². The average Bonchev–Trinajstić information content (AvgIpc) is 2.06. The van der Waals surface area contributed by atoms with E-state index in [4.69, 9.17) is 15.0 Å². The summed E-state index contributed by atoms with van der Waals surface area (Å²) in [5.41, 5.74) is 0. The number of Topliss-reactive ketones (excluding diaryl/α,β-unsaturated/α-hetero) is 1. The van der Waals surface area contributed by atoms with Gasteiger partial charge in [0.25, 0.3) is 0 Å². The van der Waals surface area contributed by atoms with Crippen molar-refractivity contribution in [2.75, 3.05) is 0 Å². The summed E-state index contributed by atoms with van der Waals surface area (Å²) in [6.07, 6.45) is 0. The Labute approximate surface area is 82.8 Å². The smallest absolute Gasteiger partial charge is 0.126 e. The maximum absolute atomic E-state index is 9.44. The van der Waals surface area contributed by atoms with Gasteiger partial charge in [0.1, 0.15) is 24.1 Å². The van der Waals surface area contributed by atoms with Crippen LogP contribution in [0.3, 0.4) is 0 Å². The van der Waals surface area contributed by atoms with Gasteiger partial charge < -0.3 is 19.8 Å². The minimum atomic E-state index is 0.0880. The van der Waals surface area contributed by atoms with Crippen LogP contribution in [0.15, 0.2) is 24.3 Å². The molecule has 0 saturated heterocycles. The van der Waals surface area contributed by atoms with Gasteiger partial charge in [-0.25, -0.2) is 0 Å². The van der Waals surface area contributed by atoms with Crippen LogP contribution in [0.4, 0.5) is 0 Å². The number of carbonyl (C=O) groups excluding carboxylic acids is 2. The topological polar surface area (TPSA) is 74.6 Å². The van der Waals surface area contributed by atoms with Crippen molar-refractivity contribution < 1.29 is 19.8 Å². The van der Waals surface area contributed by atoms with E-state index < -0.39 is 0 Å². The normalized spacial score (nSPS) is 7.29. The van der Waals surface area contributed by atoms with Gasteiger partial charge in [-0.1, -0.05) is 6.07 Å². The Hall–Kier alpha value is -1.84. The van der Waals surface area contributed by atoms with Crippen LogP contribution in [-0.2, 0) is 9.59 Å². The van der Waals surface area contributed by atoms with E-state index in [1.807, 2.05) is 6.79 Å². The molecule has 0 unspecified atom stereocenters. The van der Waals surface area contributed by atoms with E-state index in [2.05, 4.69) is 0 Å². The van der Waals surface area contributed by atoms with Gasteiger partial charge >= 0.3 is 0 Å². The summed E-state index contributed by atoms with van der Waals surface area (Å²) < 4.78 is 0. The fourth-order valence-electron chi connectivity index (χ4n) is 0.493. The van der Waals surface area contributed by atoms with Crippen molar-refractivity contribution in [3.8, 4) is 11.5 Å². The van der Waals surface area contributed by atoms with Crippen molar-refractivity contribution in [1.29, 1.82) is 0 Å². The molecule has 1 aromatic carbocycles. The predicted octanol–water partition coefficient (Wildman–Crippen LogP) is 1.51. The number of hydrogen-bond donors (Lipinski definition) is 2. The lowest BCUT2D eigenvalue weighted by molar-refractivity contribution is -0.115. The largest absolute Gasteiger partial charge is 0.508 e. The molecule has 0 aliphatic rings. The van der Waals surface area contributed by atoms with Crippen molar-refractivity contribution in [3.05, 3.63) is 24.3 Å². The second-order valence-corrected chi connectivity index (χ2v) is 2.43. The highest BCUT2D eigenvalue weighted by molar-refractivity contribution is 5.72. The fourth-order valence-corrected chi connectivity index (χ4v) is 0.493. The van der Waals surface area contributed by atoms with Crippen LogP contribution in [-0.4, -0.2) is 22.8 Å². The van der Waals surface area contributed by atoms with Crippen molar-refractivity contribution in [1.82, 2.24) is 0 Å². The summed E-state index contributed by atoms with van der Waals surface area (Å²) in [6.45, 7) is 5.06. The van der Waals surface area contributed by atoms with E-state index in [1.54, 1.807) is 6.07 Å². The number of aromatic hydroxyl groups is 2. The van der Waals surface area contributed by atoms with Crippen LogP contribution >= 0.6 is 0 Å². The van der Waals surface area contributed by atoms with Gasteiger partial charge in [0.2, 0.25) is 0 Å². The first-order chi connectivity index (χ1) is 6.52. The lowest BCUT2D eigenvalue weighted by Gasteiger charge is -1.89. The Balaban J connectivity index is 0.